The van der Waals surface area contributed by atoms with Crippen LogP contribution >= 0.6 is 0 Å². The summed E-state index contributed by atoms with van der Waals surface area (Å²) < 4.78 is 28.8. The molecule has 0 bridgehead atoms. The zero-order chi connectivity index (χ0) is 19.6. The van der Waals surface area contributed by atoms with E-state index in [4.69, 9.17) is 4.74 Å². The molecule has 1 aromatic heterocycles. The van der Waals surface area contributed by atoms with Crippen molar-refractivity contribution in [1.82, 2.24) is 4.98 Å². The van der Waals surface area contributed by atoms with Gasteiger partial charge in [0.25, 0.3) is 5.91 Å². The number of fused-ring (bicyclic) bond motifs is 1. The maximum atomic E-state index is 12.7. The molecule has 0 spiro atoms. The van der Waals surface area contributed by atoms with Crippen molar-refractivity contribution in [3.05, 3.63) is 59.8 Å². The van der Waals surface area contributed by atoms with E-state index >= 15 is 0 Å². The Labute approximate surface area is 156 Å². The number of ether oxygens (including phenoxy) is 1. The van der Waals surface area contributed by atoms with Crippen LogP contribution < -0.4 is 5.32 Å². The molecule has 1 heterocycles. The number of benzene rings is 2. The smallest absolute Gasteiger partial charge is 0.354 e. The van der Waals surface area contributed by atoms with Gasteiger partial charge in [-0.3, -0.25) is 4.79 Å². The van der Waals surface area contributed by atoms with Crippen molar-refractivity contribution in [2.45, 2.75) is 11.8 Å². The number of carbonyl (C=O) groups is 2. The van der Waals surface area contributed by atoms with Crippen LogP contribution in [0.5, 0.6) is 0 Å². The van der Waals surface area contributed by atoms with Crippen LogP contribution in [0, 0.1) is 0 Å². The second kappa shape index (κ2) is 7.24. The largest absolute Gasteiger partial charge is 0.461 e. The minimum atomic E-state index is -3.56. The Morgan fingerprint density at radius 2 is 1.85 bits per heavy atom. The van der Waals surface area contributed by atoms with Gasteiger partial charge in [0.15, 0.2) is 9.84 Å². The molecule has 0 aliphatic rings. The molecule has 2 N–H and O–H groups in total. The lowest BCUT2D eigenvalue weighted by Gasteiger charge is -2.10. The number of aromatic nitrogens is 1. The fourth-order valence-electron chi connectivity index (χ4n) is 2.75. The molecule has 7 nitrogen and oxygen atoms in total. The van der Waals surface area contributed by atoms with Crippen molar-refractivity contribution in [2.75, 3.05) is 18.2 Å². The number of hydrogen-bond donors (Lipinski definition) is 2. The third kappa shape index (κ3) is 3.85. The highest BCUT2D eigenvalue weighted by Gasteiger charge is 2.19. The van der Waals surface area contributed by atoms with Crippen LogP contribution in [0.2, 0.25) is 0 Å². The summed E-state index contributed by atoms with van der Waals surface area (Å²) in [4.78, 5) is 27.5. The molecule has 3 rings (SSSR count). The lowest BCUT2D eigenvalue weighted by atomic mass is 10.2. The van der Waals surface area contributed by atoms with Crippen molar-refractivity contribution in [3.63, 3.8) is 0 Å². The fraction of sp³-hybridized carbons (Fsp3) is 0.158. The van der Waals surface area contributed by atoms with Crippen LogP contribution in [0.3, 0.4) is 0 Å². The van der Waals surface area contributed by atoms with E-state index in [-0.39, 0.29) is 22.8 Å². The van der Waals surface area contributed by atoms with Gasteiger partial charge in [-0.15, -0.1) is 0 Å². The van der Waals surface area contributed by atoms with Gasteiger partial charge < -0.3 is 15.0 Å². The third-order valence-electron chi connectivity index (χ3n) is 3.93. The Kier molecular flexibility index (Phi) is 5.00. The van der Waals surface area contributed by atoms with E-state index in [1.165, 1.54) is 12.1 Å². The highest BCUT2D eigenvalue weighted by molar-refractivity contribution is 7.90. The van der Waals surface area contributed by atoms with E-state index in [9.17, 15) is 18.0 Å². The molecule has 0 aliphatic carbocycles. The number of hydrogen-bond acceptors (Lipinski definition) is 5. The lowest BCUT2D eigenvalue weighted by molar-refractivity contribution is 0.0520. The summed E-state index contributed by atoms with van der Waals surface area (Å²) in [5.41, 5.74) is 1.29. The van der Waals surface area contributed by atoms with E-state index < -0.39 is 21.7 Å². The predicted octanol–water partition coefficient (Wildman–Crippen LogP) is 3.00. The molecule has 1 amide bonds. The van der Waals surface area contributed by atoms with E-state index in [1.54, 1.807) is 43.3 Å². The van der Waals surface area contributed by atoms with Crippen molar-refractivity contribution in [2.24, 2.45) is 0 Å². The quantitative estimate of drug-likeness (QED) is 0.656. The summed E-state index contributed by atoms with van der Waals surface area (Å²) >= 11 is 0. The van der Waals surface area contributed by atoms with Crippen LogP contribution in [0.25, 0.3) is 10.9 Å². The molecule has 0 aliphatic heterocycles. The molecule has 0 radical (unpaired) electrons. The molecule has 0 unspecified atom stereocenters. The van der Waals surface area contributed by atoms with Gasteiger partial charge in [0.1, 0.15) is 5.69 Å². The standard InChI is InChI=1S/C19H18N2O5S/c1-3-26-19(23)15-11-12-7-6-9-14(17(12)20-15)21-18(22)13-8-4-5-10-16(13)27(2,24)25/h4-11,20H,3H2,1-2H3,(H,21,22). The number of carbonyl (C=O) groups excluding carboxylic acids is 2. The highest BCUT2D eigenvalue weighted by atomic mass is 32.2. The van der Waals surface area contributed by atoms with Gasteiger partial charge in [0, 0.05) is 11.6 Å². The van der Waals surface area contributed by atoms with Gasteiger partial charge in [0.05, 0.1) is 28.3 Å². The summed E-state index contributed by atoms with van der Waals surface area (Å²) in [7, 11) is -3.56. The van der Waals surface area contributed by atoms with Gasteiger partial charge in [-0.25, -0.2) is 13.2 Å². The summed E-state index contributed by atoms with van der Waals surface area (Å²) in [5.74, 6) is -1.05. The minimum absolute atomic E-state index is 0.0478. The molecule has 0 saturated carbocycles. The zero-order valence-electron chi connectivity index (χ0n) is 14.8. The van der Waals surface area contributed by atoms with Crippen LogP contribution in [0.15, 0.2) is 53.4 Å². The number of H-pyrrole nitrogens is 1. The molecular formula is C19H18N2O5S. The Morgan fingerprint density at radius 1 is 1.11 bits per heavy atom. The second-order valence-corrected chi connectivity index (χ2v) is 7.88. The topological polar surface area (TPSA) is 105 Å². The van der Waals surface area contributed by atoms with Crippen molar-refractivity contribution >= 4 is 38.3 Å². The van der Waals surface area contributed by atoms with Crippen molar-refractivity contribution < 1.29 is 22.7 Å². The average Bonchev–Trinajstić information content (AvgIpc) is 3.07. The normalized spacial score (nSPS) is 11.3. The van der Waals surface area contributed by atoms with Gasteiger partial charge in [-0.2, -0.15) is 0 Å². The van der Waals surface area contributed by atoms with Crippen molar-refractivity contribution in [1.29, 1.82) is 0 Å². The molecule has 0 atom stereocenters. The summed E-state index contributed by atoms with van der Waals surface area (Å²) in [6.45, 7) is 1.96. The van der Waals surface area contributed by atoms with Crippen LogP contribution in [-0.4, -0.2) is 38.1 Å². The molecule has 8 heteroatoms. The first-order chi connectivity index (χ1) is 12.8. The molecule has 27 heavy (non-hydrogen) atoms. The summed E-state index contributed by atoms with van der Waals surface area (Å²) in [6.07, 6.45) is 1.05. The van der Waals surface area contributed by atoms with Gasteiger partial charge in [0.2, 0.25) is 0 Å². The number of rotatable bonds is 5. The first-order valence-electron chi connectivity index (χ1n) is 8.20. The summed E-state index contributed by atoms with van der Waals surface area (Å²) in [5, 5.41) is 3.43. The first kappa shape index (κ1) is 18.7. The molecule has 3 aromatic rings. The Hall–Kier alpha value is -3.13. The van der Waals surface area contributed by atoms with E-state index in [1.807, 2.05) is 0 Å². The van der Waals surface area contributed by atoms with E-state index in [0.717, 1.165) is 6.26 Å². The second-order valence-electron chi connectivity index (χ2n) is 5.90. The highest BCUT2D eigenvalue weighted by Crippen LogP contribution is 2.25. The SMILES string of the molecule is CCOC(=O)c1cc2cccc(NC(=O)c3ccccc3S(C)(=O)=O)c2[nH]1. The zero-order valence-corrected chi connectivity index (χ0v) is 15.6. The van der Waals surface area contributed by atoms with Gasteiger partial charge in [-0.05, 0) is 31.2 Å². The molecular weight excluding hydrogens is 368 g/mol. The number of aromatic amines is 1. The maximum absolute atomic E-state index is 12.7. The Morgan fingerprint density at radius 3 is 2.56 bits per heavy atom. The fourth-order valence-corrected chi connectivity index (χ4v) is 3.63. The average molecular weight is 386 g/mol. The number of esters is 1. The van der Waals surface area contributed by atoms with Gasteiger partial charge in [-0.1, -0.05) is 24.3 Å². The van der Waals surface area contributed by atoms with Crippen LogP contribution in [-0.2, 0) is 14.6 Å². The number of sulfone groups is 1. The van der Waals surface area contributed by atoms with E-state index in [0.29, 0.717) is 16.6 Å². The lowest BCUT2D eigenvalue weighted by Crippen LogP contribution is -2.16. The number of para-hydroxylation sites is 1. The molecule has 0 fully saturated rings. The molecule has 140 valence electrons. The van der Waals surface area contributed by atoms with Gasteiger partial charge >= 0.3 is 5.97 Å². The minimum Gasteiger partial charge on any atom is -0.461 e. The Bertz CT molecular complexity index is 1130. The number of amides is 1. The monoisotopic (exact) mass is 386 g/mol. The van der Waals surface area contributed by atoms with Crippen LogP contribution in [0.1, 0.15) is 27.8 Å². The predicted molar refractivity (Wildman–Crippen MR) is 102 cm³/mol. The first-order valence-corrected chi connectivity index (χ1v) is 10.1. The molecule has 0 saturated heterocycles. The third-order valence-corrected chi connectivity index (χ3v) is 5.09. The summed E-state index contributed by atoms with van der Waals surface area (Å²) in [6, 6.07) is 12.8. The Balaban J connectivity index is 1.98. The number of nitrogens with one attached hydrogen (secondary N) is 2. The number of anilines is 1. The van der Waals surface area contributed by atoms with E-state index in [2.05, 4.69) is 10.3 Å². The van der Waals surface area contributed by atoms with Crippen LogP contribution in [0.4, 0.5) is 5.69 Å². The maximum Gasteiger partial charge on any atom is 0.354 e. The van der Waals surface area contributed by atoms with Crippen molar-refractivity contribution in [3.8, 4) is 0 Å². The molecule has 2 aromatic carbocycles.